The van der Waals surface area contributed by atoms with Gasteiger partial charge >= 0.3 is 0 Å². The topological polar surface area (TPSA) is 35.6 Å². The Bertz CT molecular complexity index is 542. The van der Waals surface area contributed by atoms with Crippen molar-refractivity contribution in [2.75, 3.05) is 37.6 Å². The number of anilines is 1. The molecule has 0 saturated carbocycles. The van der Waals surface area contributed by atoms with Crippen LogP contribution in [0.1, 0.15) is 20.3 Å². The Labute approximate surface area is 149 Å². The molecule has 23 heavy (non-hydrogen) atoms. The number of nitrogens with one attached hydrogen (secondary N) is 1. The summed E-state index contributed by atoms with van der Waals surface area (Å²) in [5.74, 6) is 0.232. The van der Waals surface area contributed by atoms with Crippen molar-refractivity contribution in [3.63, 3.8) is 0 Å². The van der Waals surface area contributed by atoms with Gasteiger partial charge in [-0.05, 0) is 25.5 Å². The molecule has 0 radical (unpaired) electrons. The van der Waals surface area contributed by atoms with Crippen LogP contribution in [-0.2, 0) is 4.79 Å². The second-order valence-electron chi connectivity index (χ2n) is 6.25. The summed E-state index contributed by atoms with van der Waals surface area (Å²) in [6.45, 7) is 8.67. The highest BCUT2D eigenvalue weighted by Crippen LogP contribution is 2.37. The molecule has 0 spiro atoms. The molecule has 2 aliphatic heterocycles. The third kappa shape index (κ3) is 4.41. The number of piperazine rings is 1. The van der Waals surface area contributed by atoms with Crippen LogP contribution in [0.15, 0.2) is 29.2 Å². The summed E-state index contributed by atoms with van der Waals surface area (Å²) in [5, 5.41) is 3.93. The van der Waals surface area contributed by atoms with Crippen molar-refractivity contribution < 1.29 is 4.79 Å². The summed E-state index contributed by atoms with van der Waals surface area (Å²) in [4.78, 5) is 18.4. The summed E-state index contributed by atoms with van der Waals surface area (Å²) in [5.41, 5.74) is 1.09. The number of benzene rings is 1. The highest BCUT2D eigenvalue weighted by atomic mass is 35.5. The summed E-state index contributed by atoms with van der Waals surface area (Å²) >= 11 is 1.88. The SMILES string of the molecule is CC1CCN(C(=O)CN2CCNC[C@@H]2C)c2ccccc2S1.Cl. The number of halogens is 1. The fourth-order valence-electron chi connectivity index (χ4n) is 3.12. The molecule has 4 nitrogen and oxygen atoms in total. The van der Waals surface area contributed by atoms with E-state index in [1.807, 2.05) is 22.7 Å². The normalized spacial score (nSPS) is 25.2. The first-order chi connectivity index (χ1) is 10.6. The van der Waals surface area contributed by atoms with E-state index in [1.54, 1.807) is 0 Å². The fourth-order valence-corrected chi connectivity index (χ4v) is 4.24. The number of thioether (sulfide) groups is 1. The lowest BCUT2D eigenvalue weighted by molar-refractivity contribution is -0.120. The predicted octanol–water partition coefficient (Wildman–Crippen LogP) is 2.62. The first-order valence-corrected chi connectivity index (χ1v) is 9.04. The Hall–Kier alpha value is -0.750. The molecule has 1 amide bonds. The minimum Gasteiger partial charge on any atom is -0.314 e. The number of nitrogens with zero attached hydrogens (tertiary/aromatic N) is 2. The Morgan fingerprint density at radius 3 is 2.87 bits per heavy atom. The molecule has 128 valence electrons. The molecule has 0 bridgehead atoms. The number of hydrogen-bond acceptors (Lipinski definition) is 4. The number of carbonyl (C=O) groups excluding carboxylic acids is 1. The third-order valence-corrected chi connectivity index (χ3v) is 5.76. The average Bonchev–Trinajstić information content (AvgIpc) is 2.68. The highest BCUT2D eigenvalue weighted by molar-refractivity contribution is 8.00. The van der Waals surface area contributed by atoms with E-state index >= 15 is 0 Å². The van der Waals surface area contributed by atoms with Crippen molar-refractivity contribution >= 4 is 35.8 Å². The number of hydrogen-bond donors (Lipinski definition) is 1. The van der Waals surface area contributed by atoms with Gasteiger partial charge in [-0.1, -0.05) is 19.1 Å². The third-order valence-electron chi connectivity index (χ3n) is 4.52. The van der Waals surface area contributed by atoms with Crippen LogP contribution in [0.4, 0.5) is 5.69 Å². The Morgan fingerprint density at radius 2 is 2.09 bits per heavy atom. The van der Waals surface area contributed by atoms with Gasteiger partial charge in [-0.15, -0.1) is 24.2 Å². The lowest BCUT2D eigenvalue weighted by atomic mass is 10.2. The van der Waals surface area contributed by atoms with Gasteiger partial charge < -0.3 is 10.2 Å². The van der Waals surface area contributed by atoms with E-state index in [-0.39, 0.29) is 18.3 Å². The van der Waals surface area contributed by atoms with Crippen molar-refractivity contribution in [3.05, 3.63) is 24.3 Å². The van der Waals surface area contributed by atoms with Gasteiger partial charge in [0.25, 0.3) is 0 Å². The first kappa shape index (κ1) is 18.6. The van der Waals surface area contributed by atoms with E-state index in [0.717, 1.165) is 38.3 Å². The molecule has 1 fully saturated rings. The summed E-state index contributed by atoms with van der Waals surface area (Å²) in [6, 6.07) is 8.73. The average molecular weight is 356 g/mol. The van der Waals surface area contributed by atoms with Crippen molar-refractivity contribution in [2.24, 2.45) is 0 Å². The molecule has 2 aliphatic rings. The molecule has 1 N–H and O–H groups in total. The highest BCUT2D eigenvalue weighted by Gasteiger charge is 2.27. The zero-order valence-electron chi connectivity index (χ0n) is 13.8. The van der Waals surface area contributed by atoms with Crippen LogP contribution in [-0.4, -0.2) is 54.8 Å². The molecule has 1 saturated heterocycles. The second kappa shape index (κ2) is 8.38. The van der Waals surface area contributed by atoms with Crippen LogP contribution in [0.3, 0.4) is 0 Å². The van der Waals surface area contributed by atoms with Crippen molar-refractivity contribution in [1.82, 2.24) is 10.2 Å². The van der Waals surface area contributed by atoms with E-state index in [9.17, 15) is 4.79 Å². The molecule has 6 heteroatoms. The molecule has 2 heterocycles. The molecule has 1 aromatic rings. The minimum atomic E-state index is 0. The van der Waals surface area contributed by atoms with Gasteiger partial charge in [0.2, 0.25) is 5.91 Å². The summed E-state index contributed by atoms with van der Waals surface area (Å²) < 4.78 is 0. The molecule has 0 aromatic heterocycles. The van der Waals surface area contributed by atoms with Crippen LogP contribution < -0.4 is 10.2 Å². The summed E-state index contributed by atoms with van der Waals surface area (Å²) in [6.07, 6.45) is 1.04. The first-order valence-electron chi connectivity index (χ1n) is 8.16. The Kier molecular flexibility index (Phi) is 6.77. The zero-order chi connectivity index (χ0) is 15.5. The van der Waals surface area contributed by atoms with Gasteiger partial charge in [0, 0.05) is 42.4 Å². The molecule has 1 unspecified atom stereocenters. The van der Waals surface area contributed by atoms with Gasteiger partial charge in [0.05, 0.1) is 12.2 Å². The van der Waals surface area contributed by atoms with Crippen molar-refractivity contribution in [2.45, 2.75) is 36.5 Å². The zero-order valence-corrected chi connectivity index (χ0v) is 15.5. The Balaban J connectivity index is 0.00000192. The quantitative estimate of drug-likeness (QED) is 0.884. The van der Waals surface area contributed by atoms with E-state index in [0.29, 0.717) is 17.8 Å². The lowest BCUT2D eigenvalue weighted by Crippen LogP contribution is -2.53. The number of rotatable bonds is 2. The Morgan fingerprint density at radius 1 is 1.30 bits per heavy atom. The van der Waals surface area contributed by atoms with Gasteiger partial charge in [-0.2, -0.15) is 0 Å². The molecule has 2 atom stereocenters. The van der Waals surface area contributed by atoms with Crippen LogP contribution in [0, 0.1) is 0 Å². The maximum atomic E-state index is 12.9. The van der Waals surface area contributed by atoms with E-state index in [4.69, 9.17) is 0 Å². The molecule has 3 rings (SSSR count). The largest absolute Gasteiger partial charge is 0.314 e. The number of para-hydroxylation sites is 1. The van der Waals surface area contributed by atoms with Crippen LogP contribution in [0.25, 0.3) is 0 Å². The van der Waals surface area contributed by atoms with Crippen LogP contribution >= 0.6 is 24.2 Å². The monoisotopic (exact) mass is 355 g/mol. The molecule has 0 aliphatic carbocycles. The van der Waals surface area contributed by atoms with Crippen LogP contribution in [0.5, 0.6) is 0 Å². The standard InChI is InChI=1S/C17H25N3OS.ClH/c1-13-11-18-8-10-19(13)12-17(21)20-9-7-14(2)22-16-6-4-3-5-15(16)20;/h3-6,13-14,18H,7-12H2,1-2H3;1H/t13-,14?;/m0./s1. The van der Waals surface area contributed by atoms with Gasteiger partial charge in [-0.3, -0.25) is 9.69 Å². The number of amides is 1. The van der Waals surface area contributed by atoms with Gasteiger partial charge in [0.15, 0.2) is 0 Å². The summed E-state index contributed by atoms with van der Waals surface area (Å²) in [7, 11) is 0. The van der Waals surface area contributed by atoms with E-state index in [1.165, 1.54) is 4.90 Å². The molecule has 1 aromatic carbocycles. The fraction of sp³-hybridized carbons (Fsp3) is 0.588. The number of fused-ring (bicyclic) bond motifs is 1. The van der Waals surface area contributed by atoms with Crippen molar-refractivity contribution in [1.29, 1.82) is 0 Å². The number of carbonyl (C=O) groups is 1. The lowest BCUT2D eigenvalue weighted by Gasteiger charge is -2.35. The van der Waals surface area contributed by atoms with Gasteiger partial charge in [0.1, 0.15) is 0 Å². The maximum absolute atomic E-state index is 12.9. The van der Waals surface area contributed by atoms with E-state index in [2.05, 4.69) is 42.3 Å². The maximum Gasteiger partial charge on any atom is 0.241 e. The van der Waals surface area contributed by atoms with E-state index < -0.39 is 0 Å². The molecular formula is C17H26ClN3OS. The predicted molar refractivity (Wildman–Crippen MR) is 99.9 cm³/mol. The van der Waals surface area contributed by atoms with Crippen molar-refractivity contribution in [3.8, 4) is 0 Å². The van der Waals surface area contributed by atoms with Gasteiger partial charge in [-0.25, -0.2) is 0 Å². The minimum absolute atomic E-state index is 0. The second-order valence-corrected chi connectivity index (χ2v) is 7.73. The van der Waals surface area contributed by atoms with Crippen LogP contribution in [0.2, 0.25) is 0 Å². The smallest absolute Gasteiger partial charge is 0.241 e. The molecular weight excluding hydrogens is 330 g/mol.